The van der Waals surface area contributed by atoms with Crippen LogP contribution in [0.2, 0.25) is 0 Å². The first-order valence-corrected chi connectivity index (χ1v) is 5.39. The fourth-order valence-corrected chi connectivity index (χ4v) is 1.96. The van der Waals surface area contributed by atoms with Gasteiger partial charge in [-0.1, -0.05) is 0 Å². The van der Waals surface area contributed by atoms with Gasteiger partial charge in [0.05, 0.1) is 6.04 Å². The van der Waals surface area contributed by atoms with E-state index in [0.717, 1.165) is 30.3 Å². The quantitative estimate of drug-likeness (QED) is 0.804. The highest BCUT2D eigenvalue weighted by Gasteiger charge is 2.24. The number of aryl methyl sites for hydroxylation is 1. The lowest BCUT2D eigenvalue weighted by Crippen LogP contribution is -2.44. The molecule has 5 nitrogen and oxygen atoms in total. The van der Waals surface area contributed by atoms with Crippen molar-refractivity contribution in [3.05, 3.63) is 30.4 Å². The van der Waals surface area contributed by atoms with E-state index in [1.54, 1.807) is 12.4 Å². The summed E-state index contributed by atoms with van der Waals surface area (Å²) in [4.78, 5) is 4.02. The van der Waals surface area contributed by atoms with E-state index in [-0.39, 0.29) is 0 Å². The van der Waals surface area contributed by atoms with Crippen LogP contribution in [0.15, 0.2) is 24.5 Å². The SMILES string of the molecule is Cc1nnc(-c2ccncc2)n1C1CNC1. The van der Waals surface area contributed by atoms with E-state index in [2.05, 4.69) is 25.1 Å². The van der Waals surface area contributed by atoms with E-state index in [0.29, 0.717) is 6.04 Å². The second-order valence-corrected chi connectivity index (χ2v) is 3.99. The highest BCUT2D eigenvalue weighted by molar-refractivity contribution is 5.54. The Balaban J connectivity index is 2.07. The number of nitrogens with zero attached hydrogens (tertiary/aromatic N) is 4. The second-order valence-electron chi connectivity index (χ2n) is 3.99. The normalized spacial score (nSPS) is 16.1. The van der Waals surface area contributed by atoms with Gasteiger partial charge in [-0.3, -0.25) is 4.98 Å². The minimum atomic E-state index is 0.484. The number of hydrogen-bond donors (Lipinski definition) is 1. The minimum absolute atomic E-state index is 0.484. The molecule has 0 unspecified atom stereocenters. The Morgan fingerprint density at radius 2 is 2.00 bits per heavy atom. The van der Waals surface area contributed by atoms with E-state index >= 15 is 0 Å². The average molecular weight is 215 g/mol. The summed E-state index contributed by atoms with van der Waals surface area (Å²) >= 11 is 0. The topological polar surface area (TPSA) is 55.6 Å². The third-order valence-corrected chi connectivity index (χ3v) is 2.93. The van der Waals surface area contributed by atoms with E-state index < -0.39 is 0 Å². The van der Waals surface area contributed by atoms with E-state index in [9.17, 15) is 0 Å². The van der Waals surface area contributed by atoms with Crippen molar-refractivity contribution in [3.8, 4) is 11.4 Å². The van der Waals surface area contributed by atoms with Gasteiger partial charge < -0.3 is 9.88 Å². The third-order valence-electron chi connectivity index (χ3n) is 2.93. The van der Waals surface area contributed by atoms with Gasteiger partial charge in [-0.15, -0.1) is 10.2 Å². The minimum Gasteiger partial charge on any atom is -0.313 e. The molecule has 2 aromatic heterocycles. The zero-order chi connectivity index (χ0) is 11.0. The van der Waals surface area contributed by atoms with Gasteiger partial charge in [0, 0.05) is 31.0 Å². The molecule has 2 aromatic rings. The maximum Gasteiger partial charge on any atom is 0.164 e. The molecule has 5 heteroatoms. The first-order valence-electron chi connectivity index (χ1n) is 5.39. The second kappa shape index (κ2) is 3.68. The van der Waals surface area contributed by atoms with Crippen LogP contribution in [0.4, 0.5) is 0 Å². The van der Waals surface area contributed by atoms with Gasteiger partial charge in [0.2, 0.25) is 0 Å². The first kappa shape index (κ1) is 9.47. The molecule has 0 spiro atoms. The van der Waals surface area contributed by atoms with Gasteiger partial charge in [0.15, 0.2) is 5.82 Å². The Morgan fingerprint density at radius 3 is 2.62 bits per heavy atom. The van der Waals surface area contributed by atoms with Crippen molar-refractivity contribution >= 4 is 0 Å². The van der Waals surface area contributed by atoms with Gasteiger partial charge in [0.25, 0.3) is 0 Å². The number of rotatable bonds is 2. The number of hydrogen-bond acceptors (Lipinski definition) is 4. The molecule has 3 heterocycles. The largest absolute Gasteiger partial charge is 0.313 e. The molecule has 1 aliphatic rings. The number of pyridine rings is 1. The maximum atomic E-state index is 4.25. The average Bonchev–Trinajstić information content (AvgIpc) is 2.60. The molecule has 0 aromatic carbocycles. The molecule has 0 amide bonds. The Bertz CT molecular complexity index is 486. The maximum absolute atomic E-state index is 4.25. The summed E-state index contributed by atoms with van der Waals surface area (Å²) in [6, 6.07) is 4.41. The van der Waals surface area contributed by atoms with Crippen molar-refractivity contribution in [3.63, 3.8) is 0 Å². The van der Waals surface area contributed by atoms with Crippen LogP contribution in [0.5, 0.6) is 0 Å². The molecule has 82 valence electrons. The van der Waals surface area contributed by atoms with Gasteiger partial charge >= 0.3 is 0 Å². The van der Waals surface area contributed by atoms with Crippen LogP contribution in [-0.4, -0.2) is 32.8 Å². The van der Waals surface area contributed by atoms with Crippen molar-refractivity contribution in [2.45, 2.75) is 13.0 Å². The highest BCUT2D eigenvalue weighted by atomic mass is 15.3. The summed E-state index contributed by atoms with van der Waals surface area (Å²) in [5, 5.41) is 11.7. The zero-order valence-corrected chi connectivity index (χ0v) is 9.09. The lowest BCUT2D eigenvalue weighted by atomic mass is 10.1. The fraction of sp³-hybridized carbons (Fsp3) is 0.364. The summed E-state index contributed by atoms with van der Waals surface area (Å²) in [5.41, 5.74) is 1.07. The van der Waals surface area contributed by atoms with Crippen molar-refractivity contribution in [2.75, 3.05) is 13.1 Å². The molecular formula is C11H13N5. The molecule has 0 saturated carbocycles. The standard InChI is InChI=1S/C11H13N5/c1-8-14-15-11(9-2-4-12-5-3-9)16(8)10-6-13-7-10/h2-5,10,13H,6-7H2,1H3. The highest BCUT2D eigenvalue weighted by Crippen LogP contribution is 2.23. The molecule has 16 heavy (non-hydrogen) atoms. The zero-order valence-electron chi connectivity index (χ0n) is 9.09. The monoisotopic (exact) mass is 215 g/mol. The van der Waals surface area contributed by atoms with Crippen molar-refractivity contribution in [2.24, 2.45) is 0 Å². The van der Waals surface area contributed by atoms with Crippen LogP contribution in [0, 0.1) is 6.92 Å². The first-order chi connectivity index (χ1) is 7.86. The summed E-state index contributed by atoms with van der Waals surface area (Å²) in [7, 11) is 0. The molecule has 0 radical (unpaired) electrons. The molecule has 1 saturated heterocycles. The Morgan fingerprint density at radius 1 is 1.25 bits per heavy atom. The van der Waals surface area contributed by atoms with E-state index in [4.69, 9.17) is 0 Å². The Hall–Kier alpha value is -1.75. The predicted molar refractivity (Wildman–Crippen MR) is 59.9 cm³/mol. The summed E-state index contributed by atoms with van der Waals surface area (Å²) < 4.78 is 2.20. The van der Waals surface area contributed by atoms with Gasteiger partial charge in [-0.25, -0.2) is 0 Å². The summed E-state index contributed by atoms with van der Waals surface area (Å²) in [6.45, 7) is 3.99. The van der Waals surface area contributed by atoms with Crippen molar-refractivity contribution < 1.29 is 0 Å². The third kappa shape index (κ3) is 1.40. The molecule has 0 atom stereocenters. The Kier molecular flexibility index (Phi) is 2.18. The van der Waals surface area contributed by atoms with Crippen LogP contribution < -0.4 is 5.32 Å². The molecule has 0 bridgehead atoms. The van der Waals surface area contributed by atoms with Crippen LogP contribution in [-0.2, 0) is 0 Å². The molecular weight excluding hydrogens is 202 g/mol. The number of nitrogens with one attached hydrogen (secondary N) is 1. The fourth-order valence-electron chi connectivity index (χ4n) is 1.96. The van der Waals surface area contributed by atoms with Crippen LogP contribution in [0.3, 0.4) is 0 Å². The smallest absolute Gasteiger partial charge is 0.164 e. The molecule has 1 fully saturated rings. The number of aromatic nitrogens is 4. The van der Waals surface area contributed by atoms with Crippen molar-refractivity contribution in [1.82, 2.24) is 25.1 Å². The van der Waals surface area contributed by atoms with Crippen LogP contribution in [0.25, 0.3) is 11.4 Å². The van der Waals surface area contributed by atoms with E-state index in [1.807, 2.05) is 19.1 Å². The van der Waals surface area contributed by atoms with Gasteiger partial charge in [0.1, 0.15) is 5.82 Å². The summed E-state index contributed by atoms with van der Waals surface area (Å²) in [6.07, 6.45) is 3.56. The predicted octanol–water partition coefficient (Wildman–Crippen LogP) is 0.793. The summed E-state index contributed by atoms with van der Waals surface area (Å²) in [5.74, 6) is 1.91. The molecule has 1 aliphatic heterocycles. The lowest BCUT2D eigenvalue weighted by Gasteiger charge is -2.30. The van der Waals surface area contributed by atoms with Crippen LogP contribution in [0.1, 0.15) is 11.9 Å². The Labute approximate surface area is 93.5 Å². The van der Waals surface area contributed by atoms with Crippen molar-refractivity contribution in [1.29, 1.82) is 0 Å². The van der Waals surface area contributed by atoms with Gasteiger partial charge in [-0.05, 0) is 19.1 Å². The van der Waals surface area contributed by atoms with E-state index in [1.165, 1.54) is 0 Å². The molecule has 1 N–H and O–H groups in total. The molecule has 0 aliphatic carbocycles. The van der Waals surface area contributed by atoms with Crippen LogP contribution >= 0.6 is 0 Å². The molecule has 3 rings (SSSR count). The lowest BCUT2D eigenvalue weighted by molar-refractivity contribution is 0.340. The van der Waals surface area contributed by atoms with Gasteiger partial charge in [-0.2, -0.15) is 0 Å².